The normalized spacial score (nSPS) is 29.7. The molecule has 1 saturated carbocycles. The monoisotopic (exact) mass is 224 g/mol. The largest absolute Gasteiger partial charge is 0.478 e. The van der Waals surface area contributed by atoms with Crippen LogP contribution in [0, 0.1) is 11.8 Å². The number of aliphatic carboxylic acids is 1. The van der Waals surface area contributed by atoms with Gasteiger partial charge in [0.2, 0.25) is 0 Å². The Kier molecular flexibility index (Phi) is 4.79. The van der Waals surface area contributed by atoms with E-state index in [1.54, 1.807) is 0 Å². The molecule has 4 heteroatoms. The number of hydrogen-bond acceptors (Lipinski definition) is 1. The Labute approximate surface area is 90.2 Å². The van der Waals surface area contributed by atoms with Gasteiger partial charge in [0, 0.05) is 5.57 Å². The molecular weight excluding hydrogens is 211 g/mol. The lowest BCUT2D eigenvalue weighted by Crippen LogP contribution is -2.32. The third kappa shape index (κ3) is 2.18. The summed E-state index contributed by atoms with van der Waals surface area (Å²) in [6, 6.07) is 0. The second-order valence-electron chi connectivity index (χ2n) is 3.49. The van der Waals surface area contributed by atoms with Crippen LogP contribution in [0.2, 0.25) is 0 Å². The Hall–Kier alpha value is -0.210. The van der Waals surface area contributed by atoms with Gasteiger partial charge in [-0.15, -0.1) is 24.8 Å². The minimum atomic E-state index is -0.695. The molecule has 0 bridgehead atoms. The van der Waals surface area contributed by atoms with Crippen molar-refractivity contribution in [3.63, 3.8) is 0 Å². The Morgan fingerprint density at radius 3 is 2.38 bits per heavy atom. The highest BCUT2D eigenvalue weighted by molar-refractivity contribution is 5.87. The van der Waals surface area contributed by atoms with Crippen molar-refractivity contribution in [1.29, 1.82) is 0 Å². The molecular formula is C9H14Cl2O2. The average Bonchev–Trinajstić information content (AvgIpc) is 1.90. The maximum Gasteiger partial charge on any atom is 0.331 e. The lowest BCUT2D eigenvalue weighted by molar-refractivity contribution is -0.134. The van der Waals surface area contributed by atoms with Crippen molar-refractivity contribution in [2.75, 3.05) is 0 Å². The van der Waals surface area contributed by atoms with E-state index in [9.17, 15) is 4.79 Å². The molecule has 0 saturated heterocycles. The van der Waals surface area contributed by atoms with E-state index in [-0.39, 0.29) is 24.8 Å². The van der Waals surface area contributed by atoms with Crippen molar-refractivity contribution in [2.24, 2.45) is 11.8 Å². The van der Waals surface area contributed by atoms with Crippen molar-refractivity contribution in [3.05, 3.63) is 11.6 Å². The van der Waals surface area contributed by atoms with Crippen LogP contribution < -0.4 is 0 Å². The van der Waals surface area contributed by atoms with Gasteiger partial charge in [-0.2, -0.15) is 0 Å². The fourth-order valence-electron chi connectivity index (χ4n) is 2.17. The van der Waals surface area contributed by atoms with Crippen LogP contribution in [0.3, 0.4) is 0 Å². The molecule has 13 heavy (non-hydrogen) atoms. The van der Waals surface area contributed by atoms with Crippen molar-refractivity contribution in [3.8, 4) is 0 Å². The number of halogens is 2. The molecule has 0 heterocycles. The Balaban J connectivity index is 0.000000720. The SMILES string of the molecule is Cl.Cl.O=C(O)C1=CCCC2CCC12. The zero-order valence-corrected chi connectivity index (χ0v) is 8.87. The summed E-state index contributed by atoms with van der Waals surface area (Å²) in [5.74, 6) is 0.409. The van der Waals surface area contributed by atoms with Crippen molar-refractivity contribution in [2.45, 2.75) is 25.7 Å². The number of hydrogen-bond donors (Lipinski definition) is 1. The lowest BCUT2D eigenvalue weighted by atomic mass is 9.65. The van der Waals surface area contributed by atoms with Crippen LogP contribution >= 0.6 is 24.8 Å². The minimum Gasteiger partial charge on any atom is -0.478 e. The van der Waals surface area contributed by atoms with Gasteiger partial charge < -0.3 is 5.11 Å². The van der Waals surface area contributed by atoms with Crippen LogP contribution in [0.5, 0.6) is 0 Å². The van der Waals surface area contributed by atoms with Crippen LogP contribution in [-0.2, 0) is 4.79 Å². The van der Waals surface area contributed by atoms with Gasteiger partial charge >= 0.3 is 5.97 Å². The van der Waals surface area contributed by atoms with Crippen LogP contribution in [0.1, 0.15) is 25.7 Å². The first-order valence-electron chi connectivity index (χ1n) is 4.22. The summed E-state index contributed by atoms with van der Waals surface area (Å²) in [6.45, 7) is 0. The smallest absolute Gasteiger partial charge is 0.331 e. The van der Waals surface area contributed by atoms with Gasteiger partial charge in [0.15, 0.2) is 0 Å². The van der Waals surface area contributed by atoms with Crippen molar-refractivity contribution >= 4 is 30.8 Å². The highest BCUT2D eigenvalue weighted by atomic mass is 35.5. The molecule has 1 N–H and O–H groups in total. The highest BCUT2D eigenvalue weighted by Crippen LogP contribution is 2.45. The first-order chi connectivity index (χ1) is 5.29. The number of carboxylic acid groups (broad SMARTS) is 1. The zero-order chi connectivity index (χ0) is 7.84. The third-order valence-corrected chi connectivity index (χ3v) is 2.97. The van der Waals surface area contributed by atoms with Crippen LogP contribution in [0.15, 0.2) is 11.6 Å². The Morgan fingerprint density at radius 2 is 2.00 bits per heavy atom. The van der Waals surface area contributed by atoms with E-state index in [1.165, 1.54) is 12.8 Å². The number of fused-ring (bicyclic) bond motifs is 1. The van der Waals surface area contributed by atoms with E-state index in [4.69, 9.17) is 5.11 Å². The Bertz CT molecular complexity index is 226. The van der Waals surface area contributed by atoms with Crippen LogP contribution in [0.25, 0.3) is 0 Å². The fourth-order valence-corrected chi connectivity index (χ4v) is 2.17. The van der Waals surface area contributed by atoms with Gasteiger partial charge in [0.25, 0.3) is 0 Å². The summed E-state index contributed by atoms with van der Waals surface area (Å²) in [5.41, 5.74) is 0.688. The van der Waals surface area contributed by atoms with Crippen LogP contribution in [-0.4, -0.2) is 11.1 Å². The lowest BCUT2D eigenvalue weighted by Gasteiger charge is -2.39. The van der Waals surface area contributed by atoms with Gasteiger partial charge in [-0.05, 0) is 37.5 Å². The van der Waals surface area contributed by atoms with E-state index in [1.807, 2.05) is 6.08 Å². The number of carbonyl (C=O) groups is 1. The predicted octanol–water partition coefficient (Wildman–Crippen LogP) is 2.66. The summed E-state index contributed by atoms with van der Waals surface area (Å²) < 4.78 is 0. The molecule has 0 amide bonds. The molecule has 0 aromatic heterocycles. The molecule has 0 radical (unpaired) electrons. The van der Waals surface area contributed by atoms with Gasteiger partial charge in [0.1, 0.15) is 0 Å². The first-order valence-corrected chi connectivity index (χ1v) is 4.22. The van der Waals surface area contributed by atoms with E-state index in [0.717, 1.165) is 12.8 Å². The van der Waals surface area contributed by atoms with Gasteiger partial charge in [0.05, 0.1) is 0 Å². The molecule has 0 spiro atoms. The van der Waals surface area contributed by atoms with E-state index >= 15 is 0 Å². The van der Waals surface area contributed by atoms with Gasteiger partial charge in [-0.25, -0.2) is 4.79 Å². The van der Waals surface area contributed by atoms with Crippen molar-refractivity contribution < 1.29 is 9.90 Å². The molecule has 2 aliphatic carbocycles. The summed E-state index contributed by atoms with van der Waals surface area (Å²) in [5, 5.41) is 8.79. The quantitative estimate of drug-likeness (QED) is 0.744. The fraction of sp³-hybridized carbons (Fsp3) is 0.667. The topological polar surface area (TPSA) is 37.3 Å². The van der Waals surface area contributed by atoms with Gasteiger partial charge in [-0.3, -0.25) is 0 Å². The molecule has 2 rings (SSSR count). The molecule has 0 aromatic carbocycles. The minimum absolute atomic E-state index is 0. The second-order valence-corrected chi connectivity index (χ2v) is 3.49. The molecule has 0 aliphatic heterocycles. The number of carboxylic acids is 1. The first kappa shape index (κ1) is 12.8. The molecule has 76 valence electrons. The maximum absolute atomic E-state index is 10.7. The maximum atomic E-state index is 10.7. The predicted molar refractivity (Wildman–Crippen MR) is 55.7 cm³/mol. The molecule has 2 atom stereocenters. The molecule has 1 fully saturated rings. The summed E-state index contributed by atoms with van der Waals surface area (Å²) in [6.07, 6.45) is 6.44. The molecule has 0 aromatic rings. The second kappa shape index (κ2) is 4.87. The summed E-state index contributed by atoms with van der Waals surface area (Å²) in [7, 11) is 0. The Morgan fingerprint density at radius 1 is 1.31 bits per heavy atom. The van der Waals surface area contributed by atoms with E-state index < -0.39 is 5.97 Å². The molecule has 2 nitrogen and oxygen atoms in total. The third-order valence-electron chi connectivity index (χ3n) is 2.97. The average molecular weight is 225 g/mol. The van der Waals surface area contributed by atoms with E-state index in [0.29, 0.717) is 17.4 Å². The number of allylic oxidation sites excluding steroid dienone is 1. The summed E-state index contributed by atoms with van der Waals surface area (Å²) >= 11 is 0. The molecule has 2 aliphatic rings. The van der Waals surface area contributed by atoms with E-state index in [2.05, 4.69) is 0 Å². The molecule has 2 unspecified atom stereocenters. The number of rotatable bonds is 1. The van der Waals surface area contributed by atoms with Gasteiger partial charge in [-0.1, -0.05) is 6.08 Å². The zero-order valence-electron chi connectivity index (χ0n) is 7.23. The summed E-state index contributed by atoms with van der Waals surface area (Å²) in [4.78, 5) is 10.7. The van der Waals surface area contributed by atoms with Crippen LogP contribution in [0.4, 0.5) is 0 Å². The highest BCUT2D eigenvalue weighted by Gasteiger charge is 2.37. The van der Waals surface area contributed by atoms with Crippen molar-refractivity contribution in [1.82, 2.24) is 0 Å². The standard InChI is InChI=1S/C9H12O2.2ClH/c10-9(11)8-3-1-2-6-4-5-7(6)8;;/h3,6-7H,1-2,4-5H2,(H,10,11);2*1H.